The normalized spacial score (nSPS) is 13.6. The molecule has 1 atom stereocenters. The Morgan fingerprint density at radius 1 is 1.06 bits per heavy atom. The molecule has 18 heavy (non-hydrogen) atoms. The molecule has 0 bridgehead atoms. The summed E-state index contributed by atoms with van der Waals surface area (Å²) in [7, 11) is 0. The van der Waals surface area contributed by atoms with Crippen LogP contribution in [0.2, 0.25) is 0 Å². The minimum absolute atomic E-state index is 0.791. The van der Waals surface area contributed by atoms with Crippen LogP contribution in [0.15, 0.2) is 0 Å². The Balaban J connectivity index is 4.92. The van der Waals surface area contributed by atoms with E-state index in [0.717, 1.165) is 0 Å². The Labute approximate surface area is 105 Å². The highest BCUT2D eigenvalue weighted by molar-refractivity contribution is 5.88. The Morgan fingerprint density at radius 3 is 1.78 bits per heavy atom. The van der Waals surface area contributed by atoms with E-state index >= 15 is 0 Å². The lowest BCUT2D eigenvalue weighted by atomic mass is 9.84. The quantitative estimate of drug-likeness (QED) is 0.697. The van der Waals surface area contributed by atoms with Crippen molar-refractivity contribution in [2.45, 2.75) is 46.3 Å². The Kier molecular flexibility index (Phi) is 4.72. The first kappa shape index (κ1) is 16.2. The van der Waals surface area contributed by atoms with Gasteiger partial charge < -0.3 is 20.3 Å². The fourth-order valence-electron chi connectivity index (χ4n) is 1.10. The molecule has 1 amide bonds. The van der Waals surface area contributed by atoms with Crippen molar-refractivity contribution in [2.24, 2.45) is 5.41 Å². The van der Waals surface area contributed by atoms with Crippen LogP contribution >= 0.6 is 0 Å². The van der Waals surface area contributed by atoms with Crippen LogP contribution in [0.4, 0.5) is 4.79 Å². The molecule has 7 nitrogen and oxygen atoms in total. The van der Waals surface area contributed by atoms with Gasteiger partial charge in [0.1, 0.15) is 11.6 Å². The number of hydrogen-bond donors (Lipinski definition) is 3. The van der Waals surface area contributed by atoms with Crippen molar-refractivity contribution in [3.63, 3.8) is 0 Å². The molecule has 0 radical (unpaired) electrons. The summed E-state index contributed by atoms with van der Waals surface area (Å²) in [5.74, 6) is -2.76. The van der Waals surface area contributed by atoms with Gasteiger partial charge in [-0.2, -0.15) is 0 Å². The number of carboxylic acid groups (broad SMARTS) is 2. The zero-order chi connectivity index (χ0) is 14.7. The Hall–Kier alpha value is -1.79. The van der Waals surface area contributed by atoms with Crippen LogP contribution in [0.1, 0.15) is 34.6 Å². The monoisotopic (exact) mass is 261 g/mol. The summed E-state index contributed by atoms with van der Waals surface area (Å²) in [5.41, 5.74) is -2.44. The minimum Gasteiger partial charge on any atom is -0.481 e. The van der Waals surface area contributed by atoms with Crippen molar-refractivity contribution < 1.29 is 29.3 Å². The van der Waals surface area contributed by atoms with Gasteiger partial charge in [0, 0.05) is 0 Å². The molecule has 7 heteroatoms. The average molecular weight is 261 g/mol. The van der Waals surface area contributed by atoms with Gasteiger partial charge in [-0.1, -0.05) is 0 Å². The Bertz CT molecular complexity index is 355. The molecule has 0 aromatic carbocycles. The first-order valence-electron chi connectivity index (χ1n) is 5.33. The van der Waals surface area contributed by atoms with E-state index in [4.69, 9.17) is 14.9 Å². The number of aliphatic carboxylic acids is 2. The predicted octanol–water partition coefficient (Wildman–Crippen LogP) is 1.08. The van der Waals surface area contributed by atoms with E-state index < -0.39 is 35.1 Å². The van der Waals surface area contributed by atoms with E-state index in [2.05, 4.69) is 5.32 Å². The van der Waals surface area contributed by atoms with Gasteiger partial charge in [0.05, 0.1) is 5.41 Å². The van der Waals surface area contributed by atoms with Crippen molar-refractivity contribution in [1.82, 2.24) is 5.32 Å². The lowest BCUT2D eigenvalue weighted by Gasteiger charge is -2.29. The Morgan fingerprint density at radius 2 is 1.50 bits per heavy atom. The molecule has 104 valence electrons. The molecule has 0 spiro atoms. The van der Waals surface area contributed by atoms with Gasteiger partial charge in [0.25, 0.3) is 0 Å². The zero-order valence-electron chi connectivity index (χ0n) is 11.1. The first-order valence-corrected chi connectivity index (χ1v) is 5.33. The van der Waals surface area contributed by atoms with Crippen molar-refractivity contribution in [3.8, 4) is 0 Å². The van der Waals surface area contributed by atoms with Crippen LogP contribution in [0, 0.1) is 5.41 Å². The van der Waals surface area contributed by atoms with E-state index in [1.807, 2.05) is 0 Å². The van der Waals surface area contributed by atoms with Gasteiger partial charge in [-0.3, -0.25) is 4.79 Å². The molecule has 0 unspecified atom stereocenters. The molecular weight excluding hydrogens is 242 g/mol. The average Bonchev–Trinajstić information content (AvgIpc) is 2.10. The van der Waals surface area contributed by atoms with Gasteiger partial charge in [0.15, 0.2) is 0 Å². The summed E-state index contributed by atoms with van der Waals surface area (Å²) in [4.78, 5) is 33.4. The number of rotatable bonds is 4. The molecule has 0 heterocycles. The van der Waals surface area contributed by atoms with Crippen LogP contribution in [-0.4, -0.2) is 39.9 Å². The highest BCUT2D eigenvalue weighted by Gasteiger charge is 2.43. The van der Waals surface area contributed by atoms with Gasteiger partial charge in [-0.25, -0.2) is 9.59 Å². The maximum Gasteiger partial charge on any atom is 0.408 e. The molecular formula is C11H19NO6. The predicted molar refractivity (Wildman–Crippen MR) is 62.2 cm³/mol. The third-order valence-electron chi connectivity index (χ3n) is 2.18. The summed E-state index contributed by atoms with van der Waals surface area (Å²) in [6, 6.07) is -1.58. The van der Waals surface area contributed by atoms with Crippen molar-refractivity contribution in [1.29, 1.82) is 0 Å². The molecule has 3 N–H and O–H groups in total. The van der Waals surface area contributed by atoms with Gasteiger partial charge in [-0.15, -0.1) is 0 Å². The molecule has 0 aliphatic heterocycles. The third kappa shape index (κ3) is 4.60. The fourth-order valence-corrected chi connectivity index (χ4v) is 1.10. The van der Waals surface area contributed by atoms with Gasteiger partial charge in [-0.05, 0) is 34.6 Å². The molecule has 0 aromatic heterocycles. The number of nitrogens with one attached hydrogen (secondary N) is 1. The van der Waals surface area contributed by atoms with Crippen molar-refractivity contribution in [2.75, 3.05) is 0 Å². The van der Waals surface area contributed by atoms with Crippen LogP contribution < -0.4 is 5.32 Å². The summed E-state index contributed by atoms with van der Waals surface area (Å²) >= 11 is 0. The summed E-state index contributed by atoms with van der Waals surface area (Å²) in [6.07, 6.45) is -0.968. The molecule has 0 saturated heterocycles. The highest BCUT2D eigenvalue weighted by Crippen LogP contribution is 2.21. The largest absolute Gasteiger partial charge is 0.481 e. The SMILES string of the molecule is CC(C)(C)OC(=O)N[C@H](C(=O)O)C(C)(C)C(=O)O. The second-order valence-corrected chi connectivity index (χ2v) is 5.44. The summed E-state index contributed by atoms with van der Waals surface area (Å²) < 4.78 is 4.89. The zero-order valence-corrected chi connectivity index (χ0v) is 11.1. The molecule has 0 fully saturated rings. The number of carbonyl (C=O) groups is 3. The number of amides is 1. The van der Waals surface area contributed by atoms with E-state index in [1.165, 1.54) is 13.8 Å². The van der Waals surface area contributed by atoms with E-state index in [0.29, 0.717) is 0 Å². The maximum absolute atomic E-state index is 11.5. The highest BCUT2D eigenvalue weighted by atomic mass is 16.6. The number of alkyl carbamates (subject to hydrolysis) is 1. The first-order chi connectivity index (χ1) is 7.88. The molecule has 0 saturated carbocycles. The lowest BCUT2D eigenvalue weighted by Crippen LogP contribution is -2.54. The lowest BCUT2D eigenvalue weighted by molar-refractivity contribution is -0.156. The van der Waals surface area contributed by atoms with E-state index in [1.54, 1.807) is 20.8 Å². The van der Waals surface area contributed by atoms with Crippen LogP contribution in [-0.2, 0) is 14.3 Å². The van der Waals surface area contributed by atoms with Gasteiger partial charge >= 0.3 is 18.0 Å². The number of carbonyl (C=O) groups excluding carboxylic acids is 1. The number of ether oxygens (including phenoxy) is 1. The van der Waals surface area contributed by atoms with Crippen LogP contribution in [0.3, 0.4) is 0 Å². The van der Waals surface area contributed by atoms with Crippen molar-refractivity contribution >= 4 is 18.0 Å². The standard InChI is InChI=1S/C11H19NO6/c1-10(2,3)18-9(17)12-6(7(13)14)11(4,5)8(15)16/h6H,1-5H3,(H,12,17)(H,13,14)(H,15,16)/t6-/m1/s1. The van der Waals surface area contributed by atoms with Gasteiger partial charge in [0.2, 0.25) is 0 Å². The summed E-state index contributed by atoms with van der Waals surface area (Å²) in [6.45, 7) is 7.27. The van der Waals surface area contributed by atoms with Crippen LogP contribution in [0.25, 0.3) is 0 Å². The van der Waals surface area contributed by atoms with E-state index in [9.17, 15) is 14.4 Å². The van der Waals surface area contributed by atoms with Crippen LogP contribution in [0.5, 0.6) is 0 Å². The maximum atomic E-state index is 11.5. The van der Waals surface area contributed by atoms with Crippen molar-refractivity contribution in [3.05, 3.63) is 0 Å². The molecule has 0 aliphatic rings. The third-order valence-corrected chi connectivity index (χ3v) is 2.18. The second-order valence-electron chi connectivity index (χ2n) is 5.44. The molecule has 0 aliphatic carbocycles. The molecule has 0 aromatic rings. The second kappa shape index (κ2) is 5.24. The number of carboxylic acids is 2. The summed E-state index contributed by atoms with van der Waals surface area (Å²) in [5, 5.41) is 20.0. The number of hydrogen-bond acceptors (Lipinski definition) is 4. The smallest absolute Gasteiger partial charge is 0.408 e. The topological polar surface area (TPSA) is 113 Å². The van der Waals surface area contributed by atoms with E-state index in [-0.39, 0.29) is 0 Å². The minimum atomic E-state index is -1.65. The fraction of sp³-hybridized carbons (Fsp3) is 0.727. The molecule has 0 rings (SSSR count).